The van der Waals surface area contributed by atoms with Gasteiger partial charge in [0.1, 0.15) is 0 Å². The lowest BCUT2D eigenvalue weighted by molar-refractivity contribution is 0.917. The van der Waals surface area contributed by atoms with Crippen LogP contribution in [-0.2, 0) is 0 Å². The van der Waals surface area contributed by atoms with Crippen LogP contribution in [0.3, 0.4) is 0 Å². The number of allylic oxidation sites excluding steroid dienone is 6. The Morgan fingerprint density at radius 3 is 1.87 bits per heavy atom. The molecule has 0 aliphatic carbocycles. The molecule has 15 heavy (non-hydrogen) atoms. The Balaban J connectivity index is 3.75. The van der Waals surface area contributed by atoms with Gasteiger partial charge in [0.2, 0.25) is 0 Å². The summed E-state index contributed by atoms with van der Waals surface area (Å²) in [5.74, 6) is 0. The van der Waals surface area contributed by atoms with Crippen molar-refractivity contribution in [2.75, 3.05) is 0 Å². The van der Waals surface area contributed by atoms with Crippen LogP contribution in [0.4, 0.5) is 0 Å². The average molecular weight is 206 g/mol. The van der Waals surface area contributed by atoms with E-state index in [9.17, 15) is 0 Å². The van der Waals surface area contributed by atoms with Crippen LogP contribution < -0.4 is 0 Å². The quantitative estimate of drug-likeness (QED) is 0.509. The van der Waals surface area contributed by atoms with Gasteiger partial charge in [-0.3, -0.25) is 0 Å². The molecule has 0 aliphatic rings. The molecule has 0 atom stereocenters. The summed E-state index contributed by atoms with van der Waals surface area (Å²) in [6.45, 7) is 10.9. The molecule has 0 aliphatic heterocycles. The maximum atomic E-state index is 2.38. The lowest BCUT2D eigenvalue weighted by Gasteiger charge is -2.00. The Kier molecular flexibility index (Phi) is 8.08. The highest BCUT2D eigenvalue weighted by Crippen LogP contribution is 2.10. The van der Waals surface area contributed by atoms with Gasteiger partial charge in [0.05, 0.1) is 0 Å². The Morgan fingerprint density at radius 1 is 0.800 bits per heavy atom. The zero-order valence-electron chi connectivity index (χ0n) is 11.1. The van der Waals surface area contributed by atoms with E-state index in [1.165, 1.54) is 42.4 Å². The van der Waals surface area contributed by atoms with Gasteiger partial charge in [-0.15, -0.1) is 0 Å². The maximum absolute atomic E-state index is 2.38. The summed E-state index contributed by atoms with van der Waals surface area (Å²) < 4.78 is 0. The Bertz CT molecular complexity index is 247. The van der Waals surface area contributed by atoms with Crippen molar-refractivity contribution in [3.63, 3.8) is 0 Å². The number of rotatable bonds is 6. The van der Waals surface area contributed by atoms with Crippen LogP contribution in [0.25, 0.3) is 0 Å². The van der Waals surface area contributed by atoms with E-state index < -0.39 is 0 Å². The van der Waals surface area contributed by atoms with E-state index in [-0.39, 0.29) is 0 Å². The molecule has 0 heteroatoms. The summed E-state index contributed by atoms with van der Waals surface area (Å²) >= 11 is 0. The largest absolute Gasteiger partial charge is 0.0887 e. The van der Waals surface area contributed by atoms with Gasteiger partial charge in [0.15, 0.2) is 0 Å². The topological polar surface area (TPSA) is 0 Å². The maximum Gasteiger partial charge on any atom is -0.0288 e. The molecule has 0 unspecified atom stereocenters. The molecule has 86 valence electrons. The summed E-state index contributed by atoms with van der Waals surface area (Å²) in [6.07, 6.45) is 11.7. The minimum atomic E-state index is 1.19. The fourth-order valence-electron chi connectivity index (χ4n) is 1.38. The van der Waals surface area contributed by atoms with Crippen molar-refractivity contribution in [1.29, 1.82) is 0 Å². The van der Waals surface area contributed by atoms with E-state index in [1.54, 1.807) is 0 Å². The number of hydrogen-bond acceptors (Lipinski definition) is 0. The smallest absolute Gasteiger partial charge is 0.0288 e. The first-order valence-corrected chi connectivity index (χ1v) is 5.97. The predicted octanol–water partition coefficient (Wildman–Crippen LogP) is 5.43. The second-order valence-electron chi connectivity index (χ2n) is 4.54. The molecular formula is C15H26. The third-order valence-corrected chi connectivity index (χ3v) is 2.62. The monoisotopic (exact) mass is 206 g/mol. The van der Waals surface area contributed by atoms with Crippen molar-refractivity contribution in [3.05, 3.63) is 34.9 Å². The SMILES string of the molecule is C/C=C(\C)CCC=C(C)CCC=C(C)C. The molecule has 0 spiro atoms. The van der Waals surface area contributed by atoms with Crippen LogP contribution in [0, 0.1) is 0 Å². The van der Waals surface area contributed by atoms with E-state index in [0.29, 0.717) is 0 Å². The van der Waals surface area contributed by atoms with Gasteiger partial charge in [0, 0.05) is 0 Å². The van der Waals surface area contributed by atoms with Gasteiger partial charge in [0.25, 0.3) is 0 Å². The fraction of sp³-hybridized carbons (Fsp3) is 0.600. The lowest BCUT2D eigenvalue weighted by Crippen LogP contribution is -1.80. The molecule has 0 radical (unpaired) electrons. The third-order valence-electron chi connectivity index (χ3n) is 2.62. The second-order valence-corrected chi connectivity index (χ2v) is 4.54. The minimum Gasteiger partial charge on any atom is -0.0887 e. The normalized spacial score (nSPS) is 12.9. The van der Waals surface area contributed by atoms with Crippen molar-refractivity contribution in [2.24, 2.45) is 0 Å². The molecule has 0 aromatic carbocycles. The van der Waals surface area contributed by atoms with Crippen molar-refractivity contribution in [2.45, 2.75) is 60.3 Å². The lowest BCUT2D eigenvalue weighted by atomic mass is 10.1. The minimum absolute atomic E-state index is 1.19. The standard InChI is InChI=1S/C15H26/c1-6-14(4)10-8-12-15(5)11-7-9-13(2)3/h6,9,12H,7-8,10-11H2,1-5H3/b14-6+,15-12?. The molecule has 0 saturated carbocycles. The molecule has 0 amide bonds. The molecule has 0 rings (SSSR count). The van der Waals surface area contributed by atoms with Crippen LogP contribution in [-0.4, -0.2) is 0 Å². The van der Waals surface area contributed by atoms with Gasteiger partial charge in [-0.2, -0.15) is 0 Å². The van der Waals surface area contributed by atoms with Crippen LogP contribution >= 0.6 is 0 Å². The third kappa shape index (κ3) is 9.52. The Hall–Kier alpha value is -0.780. The van der Waals surface area contributed by atoms with Gasteiger partial charge >= 0.3 is 0 Å². The molecule has 0 nitrogen and oxygen atoms in total. The van der Waals surface area contributed by atoms with E-state index >= 15 is 0 Å². The summed E-state index contributed by atoms with van der Waals surface area (Å²) in [5, 5.41) is 0. The summed E-state index contributed by atoms with van der Waals surface area (Å²) in [6, 6.07) is 0. The van der Waals surface area contributed by atoms with Crippen molar-refractivity contribution in [3.8, 4) is 0 Å². The van der Waals surface area contributed by atoms with Gasteiger partial charge < -0.3 is 0 Å². The average Bonchev–Trinajstić information content (AvgIpc) is 2.17. The summed E-state index contributed by atoms with van der Waals surface area (Å²) in [4.78, 5) is 0. The number of hydrogen-bond donors (Lipinski definition) is 0. The highest BCUT2D eigenvalue weighted by atomic mass is 14.0. The Morgan fingerprint density at radius 2 is 1.33 bits per heavy atom. The van der Waals surface area contributed by atoms with Gasteiger partial charge in [-0.25, -0.2) is 0 Å². The second kappa shape index (κ2) is 8.52. The van der Waals surface area contributed by atoms with Crippen molar-refractivity contribution >= 4 is 0 Å². The van der Waals surface area contributed by atoms with Crippen molar-refractivity contribution in [1.82, 2.24) is 0 Å². The van der Waals surface area contributed by atoms with Gasteiger partial charge in [-0.1, -0.05) is 34.9 Å². The van der Waals surface area contributed by atoms with E-state index in [1.807, 2.05) is 0 Å². The zero-order chi connectivity index (χ0) is 11.7. The zero-order valence-corrected chi connectivity index (χ0v) is 11.1. The fourth-order valence-corrected chi connectivity index (χ4v) is 1.38. The van der Waals surface area contributed by atoms with Crippen LogP contribution in [0.5, 0.6) is 0 Å². The molecule has 0 aromatic rings. The van der Waals surface area contributed by atoms with E-state index in [4.69, 9.17) is 0 Å². The van der Waals surface area contributed by atoms with Crippen molar-refractivity contribution < 1.29 is 0 Å². The summed E-state index contributed by atoms with van der Waals surface area (Å²) in [7, 11) is 0. The first kappa shape index (κ1) is 14.2. The molecule has 0 N–H and O–H groups in total. The van der Waals surface area contributed by atoms with E-state index in [0.717, 1.165) is 0 Å². The predicted molar refractivity (Wildman–Crippen MR) is 71.1 cm³/mol. The molecule has 0 heterocycles. The molecule has 0 bridgehead atoms. The van der Waals surface area contributed by atoms with E-state index in [2.05, 4.69) is 52.8 Å². The Labute approximate surface area is 95.8 Å². The summed E-state index contributed by atoms with van der Waals surface area (Å²) in [5.41, 5.74) is 4.44. The first-order chi connectivity index (χ1) is 7.06. The van der Waals surface area contributed by atoms with Crippen LogP contribution in [0.2, 0.25) is 0 Å². The first-order valence-electron chi connectivity index (χ1n) is 5.97. The highest BCUT2D eigenvalue weighted by molar-refractivity contribution is 5.04. The molecule has 0 saturated heterocycles. The highest BCUT2D eigenvalue weighted by Gasteiger charge is 1.90. The van der Waals surface area contributed by atoms with Gasteiger partial charge in [-0.05, 0) is 60.3 Å². The molecule has 0 aromatic heterocycles. The molecular weight excluding hydrogens is 180 g/mol. The van der Waals surface area contributed by atoms with Crippen LogP contribution in [0.15, 0.2) is 34.9 Å². The van der Waals surface area contributed by atoms with Crippen LogP contribution in [0.1, 0.15) is 60.3 Å². The molecule has 0 fully saturated rings.